The van der Waals surface area contributed by atoms with Gasteiger partial charge in [-0.25, -0.2) is 4.39 Å². The quantitative estimate of drug-likeness (QED) is 0.887. The molecule has 1 fully saturated rings. The van der Waals surface area contributed by atoms with Crippen molar-refractivity contribution in [3.05, 3.63) is 66.0 Å². The van der Waals surface area contributed by atoms with Crippen LogP contribution in [-0.2, 0) is 4.79 Å². The second-order valence-electron chi connectivity index (χ2n) is 5.51. The first-order chi connectivity index (χ1) is 10.7. The molecule has 114 valence electrons. The fourth-order valence-electron chi connectivity index (χ4n) is 2.48. The van der Waals surface area contributed by atoms with Crippen molar-refractivity contribution in [1.29, 1.82) is 0 Å². The summed E-state index contributed by atoms with van der Waals surface area (Å²) in [6.07, 6.45) is 2.24. The van der Waals surface area contributed by atoms with E-state index >= 15 is 0 Å². The van der Waals surface area contributed by atoms with Crippen molar-refractivity contribution < 1.29 is 13.9 Å². The molecule has 0 unspecified atom stereocenters. The van der Waals surface area contributed by atoms with E-state index in [1.807, 2.05) is 30.3 Å². The molecule has 3 nitrogen and oxygen atoms in total. The second kappa shape index (κ2) is 6.60. The lowest BCUT2D eigenvalue weighted by Gasteiger charge is -2.19. The van der Waals surface area contributed by atoms with Crippen LogP contribution in [0.4, 0.5) is 4.39 Å². The summed E-state index contributed by atoms with van der Waals surface area (Å²) >= 11 is 0. The Hall–Kier alpha value is -2.36. The van der Waals surface area contributed by atoms with Gasteiger partial charge in [0.15, 0.2) is 18.2 Å². The van der Waals surface area contributed by atoms with Crippen LogP contribution in [0.2, 0.25) is 0 Å². The molecule has 0 saturated heterocycles. The van der Waals surface area contributed by atoms with Gasteiger partial charge in [-0.15, -0.1) is 0 Å². The lowest BCUT2D eigenvalue weighted by atomic mass is 10.0. The molecule has 1 amide bonds. The van der Waals surface area contributed by atoms with Gasteiger partial charge in [-0.3, -0.25) is 4.79 Å². The van der Waals surface area contributed by atoms with Gasteiger partial charge in [0.2, 0.25) is 0 Å². The largest absolute Gasteiger partial charge is 0.481 e. The Morgan fingerprint density at radius 3 is 2.50 bits per heavy atom. The molecule has 1 atom stereocenters. The monoisotopic (exact) mass is 299 g/mol. The summed E-state index contributed by atoms with van der Waals surface area (Å²) in [6.45, 7) is -0.184. The van der Waals surface area contributed by atoms with Crippen molar-refractivity contribution in [2.45, 2.75) is 18.9 Å². The average molecular weight is 299 g/mol. The fourth-order valence-corrected chi connectivity index (χ4v) is 2.48. The SMILES string of the molecule is O=C(COc1ccccc1F)N[C@H](c1ccccc1)C1CC1. The van der Waals surface area contributed by atoms with E-state index in [4.69, 9.17) is 4.74 Å². The summed E-state index contributed by atoms with van der Waals surface area (Å²) in [5, 5.41) is 3.00. The van der Waals surface area contributed by atoms with E-state index in [1.54, 1.807) is 12.1 Å². The third-order valence-corrected chi connectivity index (χ3v) is 3.76. The van der Waals surface area contributed by atoms with Gasteiger partial charge < -0.3 is 10.1 Å². The highest BCUT2D eigenvalue weighted by molar-refractivity contribution is 5.78. The van der Waals surface area contributed by atoms with E-state index in [2.05, 4.69) is 5.32 Å². The van der Waals surface area contributed by atoms with Crippen molar-refractivity contribution >= 4 is 5.91 Å². The molecule has 1 aliphatic rings. The number of nitrogens with one attached hydrogen (secondary N) is 1. The van der Waals surface area contributed by atoms with Crippen LogP contribution in [0.3, 0.4) is 0 Å². The Labute approximate surface area is 129 Å². The molecular formula is C18H18FNO2. The van der Waals surface area contributed by atoms with Crippen molar-refractivity contribution in [3.8, 4) is 5.75 Å². The Bertz CT molecular complexity index is 641. The van der Waals surface area contributed by atoms with Crippen LogP contribution < -0.4 is 10.1 Å². The van der Waals surface area contributed by atoms with Crippen LogP contribution in [0.1, 0.15) is 24.4 Å². The highest BCUT2D eigenvalue weighted by Crippen LogP contribution is 2.40. The maximum atomic E-state index is 13.4. The van der Waals surface area contributed by atoms with E-state index in [0.717, 1.165) is 18.4 Å². The standard InChI is InChI=1S/C18H18FNO2/c19-15-8-4-5-9-16(15)22-12-17(21)20-18(14-10-11-14)13-6-2-1-3-7-13/h1-9,14,18H,10-12H2,(H,20,21)/t18-/m1/s1. The lowest BCUT2D eigenvalue weighted by molar-refractivity contribution is -0.124. The van der Waals surface area contributed by atoms with Crippen LogP contribution in [0.25, 0.3) is 0 Å². The normalized spacial score (nSPS) is 15.1. The number of carbonyl (C=O) groups is 1. The van der Waals surface area contributed by atoms with Crippen LogP contribution in [0, 0.1) is 11.7 Å². The average Bonchev–Trinajstić information content (AvgIpc) is 3.37. The molecule has 1 N–H and O–H groups in total. The molecule has 1 aliphatic carbocycles. The summed E-state index contributed by atoms with van der Waals surface area (Å²) in [5.41, 5.74) is 1.10. The van der Waals surface area contributed by atoms with E-state index in [-0.39, 0.29) is 24.3 Å². The van der Waals surface area contributed by atoms with Gasteiger partial charge >= 0.3 is 0 Å². The molecule has 0 aromatic heterocycles. The highest BCUT2D eigenvalue weighted by Gasteiger charge is 2.33. The number of amides is 1. The van der Waals surface area contributed by atoms with E-state index in [9.17, 15) is 9.18 Å². The molecule has 4 heteroatoms. The molecule has 0 radical (unpaired) electrons. The van der Waals surface area contributed by atoms with Crippen molar-refractivity contribution in [1.82, 2.24) is 5.32 Å². The van der Waals surface area contributed by atoms with Crippen LogP contribution >= 0.6 is 0 Å². The summed E-state index contributed by atoms with van der Waals surface area (Å²) in [7, 11) is 0. The smallest absolute Gasteiger partial charge is 0.258 e. The number of hydrogen-bond acceptors (Lipinski definition) is 2. The number of para-hydroxylation sites is 1. The number of benzene rings is 2. The van der Waals surface area contributed by atoms with Crippen molar-refractivity contribution in [2.24, 2.45) is 5.92 Å². The first-order valence-electron chi connectivity index (χ1n) is 7.45. The molecule has 0 spiro atoms. The number of ether oxygens (including phenoxy) is 1. The molecule has 0 aliphatic heterocycles. The fraction of sp³-hybridized carbons (Fsp3) is 0.278. The summed E-state index contributed by atoms with van der Waals surface area (Å²) in [6, 6.07) is 16.0. The minimum atomic E-state index is -0.461. The molecule has 22 heavy (non-hydrogen) atoms. The topological polar surface area (TPSA) is 38.3 Å². The Morgan fingerprint density at radius 1 is 1.14 bits per heavy atom. The molecule has 0 bridgehead atoms. The number of rotatable bonds is 6. The molecule has 2 aromatic carbocycles. The molecule has 1 saturated carbocycles. The summed E-state index contributed by atoms with van der Waals surface area (Å²) < 4.78 is 18.7. The number of hydrogen-bond donors (Lipinski definition) is 1. The van der Waals surface area contributed by atoms with E-state index < -0.39 is 5.82 Å². The third-order valence-electron chi connectivity index (χ3n) is 3.76. The van der Waals surface area contributed by atoms with Crippen LogP contribution in [0.5, 0.6) is 5.75 Å². The van der Waals surface area contributed by atoms with Crippen molar-refractivity contribution in [3.63, 3.8) is 0 Å². The first-order valence-corrected chi connectivity index (χ1v) is 7.45. The van der Waals surface area contributed by atoms with Gasteiger partial charge in [0.25, 0.3) is 5.91 Å². The zero-order valence-electron chi connectivity index (χ0n) is 12.2. The Morgan fingerprint density at radius 2 is 1.82 bits per heavy atom. The van der Waals surface area contributed by atoms with Gasteiger partial charge in [0.1, 0.15) is 0 Å². The van der Waals surface area contributed by atoms with Gasteiger partial charge in [-0.2, -0.15) is 0 Å². The number of carbonyl (C=O) groups excluding carboxylic acids is 1. The summed E-state index contributed by atoms with van der Waals surface area (Å²) in [4.78, 5) is 12.1. The second-order valence-corrected chi connectivity index (χ2v) is 5.51. The number of halogens is 1. The summed E-state index contributed by atoms with van der Waals surface area (Å²) in [5.74, 6) is -0.110. The molecule has 3 rings (SSSR count). The lowest BCUT2D eigenvalue weighted by Crippen LogP contribution is -2.33. The van der Waals surface area contributed by atoms with Gasteiger partial charge in [-0.1, -0.05) is 42.5 Å². The van der Waals surface area contributed by atoms with Crippen LogP contribution in [0.15, 0.2) is 54.6 Å². The minimum absolute atomic E-state index is 0.0120. The maximum Gasteiger partial charge on any atom is 0.258 e. The van der Waals surface area contributed by atoms with Crippen molar-refractivity contribution in [2.75, 3.05) is 6.61 Å². The zero-order chi connectivity index (χ0) is 15.4. The minimum Gasteiger partial charge on any atom is -0.481 e. The predicted octanol–water partition coefficient (Wildman–Crippen LogP) is 3.47. The Kier molecular flexibility index (Phi) is 4.37. The van der Waals surface area contributed by atoms with Gasteiger partial charge in [0, 0.05) is 0 Å². The third kappa shape index (κ3) is 3.64. The van der Waals surface area contributed by atoms with Gasteiger partial charge in [-0.05, 0) is 36.5 Å². The zero-order valence-corrected chi connectivity index (χ0v) is 12.2. The maximum absolute atomic E-state index is 13.4. The van der Waals surface area contributed by atoms with Gasteiger partial charge in [0.05, 0.1) is 6.04 Å². The molecular weight excluding hydrogens is 281 g/mol. The molecule has 0 heterocycles. The predicted molar refractivity (Wildman–Crippen MR) is 81.9 cm³/mol. The highest BCUT2D eigenvalue weighted by atomic mass is 19.1. The van der Waals surface area contributed by atoms with E-state index in [0.29, 0.717) is 5.92 Å². The molecule has 2 aromatic rings. The van der Waals surface area contributed by atoms with Crippen LogP contribution in [-0.4, -0.2) is 12.5 Å². The Balaban J connectivity index is 1.59. The first kappa shape index (κ1) is 14.6. The van der Waals surface area contributed by atoms with E-state index in [1.165, 1.54) is 12.1 Å².